The Morgan fingerprint density at radius 1 is 1.12 bits per heavy atom. The van der Waals surface area contributed by atoms with Crippen LogP contribution >= 0.6 is 23.4 Å². The third-order valence-corrected chi connectivity index (χ3v) is 8.77. The number of nitrogens with zero attached hydrogens (tertiary/aromatic N) is 2. The van der Waals surface area contributed by atoms with Crippen LogP contribution in [0.5, 0.6) is 0 Å². The van der Waals surface area contributed by atoms with Gasteiger partial charge in [0.1, 0.15) is 5.82 Å². The molecule has 2 aromatic rings. The molecule has 33 heavy (non-hydrogen) atoms. The molecule has 1 N–H and O–H groups in total. The lowest BCUT2D eigenvalue weighted by Gasteiger charge is -2.33. The fraction of sp³-hybridized carbons (Fsp3) is 0.435. The van der Waals surface area contributed by atoms with Crippen LogP contribution in [0.3, 0.4) is 0 Å². The maximum absolute atomic E-state index is 13.8. The van der Waals surface area contributed by atoms with Crippen LogP contribution in [0.25, 0.3) is 0 Å². The maximum Gasteiger partial charge on any atom is 0.251 e. The first-order valence-corrected chi connectivity index (χ1v) is 14.0. The summed E-state index contributed by atoms with van der Waals surface area (Å²) in [5.41, 5.74) is 2.15. The molecule has 1 amide bonds. The second-order valence-corrected chi connectivity index (χ2v) is 11.6. The average molecular weight is 514 g/mol. The second-order valence-electron chi connectivity index (χ2n) is 7.78. The zero-order valence-corrected chi connectivity index (χ0v) is 21.0. The molecule has 180 valence electrons. The van der Waals surface area contributed by atoms with Crippen LogP contribution in [-0.4, -0.2) is 67.8 Å². The zero-order chi connectivity index (χ0) is 23.8. The molecule has 6 nitrogen and oxygen atoms in total. The van der Waals surface area contributed by atoms with E-state index in [0.29, 0.717) is 60.4 Å². The van der Waals surface area contributed by atoms with Crippen molar-refractivity contribution in [2.75, 3.05) is 44.2 Å². The highest BCUT2D eigenvalue weighted by Gasteiger charge is 2.25. The van der Waals surface area contributed by atoms with E-state index in [1.54, 1.807) is 35.5 Å². The molecule has 1 aliphatic rings. The first-order chi connectivity index (χ1) is 15.8. The third kappa shape index (κ3) is 7.42. The molecule has 1 heterocycles. The lowest BCUT2D eigenvalue weighted by Crippen LogP contribution is -2.48. The van der Waals surface area contributed by atoms with Crippen LogP contribution in [0.15, 0.2) is 42.5 Å². The number of benzene rings is 2. The Morgan fingerprint density at radius 3 is 2.45 bits per heavy atom. The van der Waals surface area contributed by atoms with Gasteiger partial charge in [0.25, 0.3) is 5.91 Å². The Bertz CT molecular complexity index is 1020. The summed E-state index contributed by atoms with van der Waals surface area (Å²) in [4.78, 5) is 14.6. The van der Waals surface area contributed by atoms with Crippen molar-refractivity contribution >= 4 is 39.3 Å². The highest BCUT2D eigenvalue weighted by atomic mass is 35.5. The number of hydrogen-bond donors (Lipinski definition) is 1. The SMILES string of the molecule is CCS(=O)(=O)N1CCN(Cc2ccc(C(=O)NCCSCc3c(F)cccc3Cl)cc2)CC1. The van der Waals surface area contributed by atoms with Crippen molar-refractivity contribution < 1.29 is 17.6 Å². The summed E-state index contributed by atoms with van der Waals surface area (Å²) in [5.74, 6) is 0.773. The summed E-state index contributed by atoms with van der Waals surface area (Å²) in [6.45, 7) is 5.27. The Hall–Kier alpha value is -1.65. The van der Waals surface area contributed by atoms with Gasteiger partial charge in [0.05, 0.1) is 5.75 Å². The van der Waals surface area contributed by atoms with E-state index in [1.807, 2.05) is 12.1 Å². The zero-order valence-electron chi connectivity index (χ0n) is 18.6. The molecule has 0 spiro atoms. The number of amides is 1. The average Bonchev–Trinajstić information content (AvgIpc) is 2.81. The molecular formula is C23H29ClFN3O3S2. The van der Waals surface area contributed by atoms with E-state index in [-0.39, 0.29) is 17.5 Å². The molecule has 0 atom stereocenters. The van der Waals surface area contributed by atoms with Crippen LogP contribution in [-0.2, 0) is 22.3 Å². The van der Waals surface area contributed by atoms with Gasteiger partial charge in [-0.15, -0.1) is 0 Å². The number of sulfonamides is 1. The summed E-state index contributed by atoms with van der Waals surface area (Å²) in [5, 5.41) is 3.30. The number of thioether (sulfide) groups is 1. The monoisotopic (exact) mass is 513 g/mol. The summed E-state index contributed by atoms with van der Waals surface area (Å²) in [6.07, 6.45) is 0. The molecule has 0 bridgehead atoms. The third-order valence-electron chi connectivity index (χ3n) is 5.55. The number of carbonyl (C=O) groups is 1. The number of halogens is 2. The fourth-order valence-corrected chi connectivity index (χ4v) is 5.83. The Labute approximate surface area is 204 Å². The van der Waals surface area contributed by atoms with Gasteiger partial charge in [0.2, 0.25) is 10.0 Å². The van der Waals surface area contributed by atoms with E-state index < -0.39 is 10.0 Å². The molecule has 10 heteroatoms. The molecule has 1 fully saturated rings. The van der Waals surface area contributed by atoms with E-state index in [4.69, 9.17) is 11.6 Å². The lowest BCUT2D eigenvalue weighted by molar-refractivity contribution is 0.0956. The summed E-state index contributed by atoms with van der Waals surface area (Å²) < 4.78 is 39.3. The van der Waals surface area contributed by atoms with Gasteiger partial charge in [-0.25, -0.2) is 12.8 Å². The predicted molar refractivity (Wildman–Crippen MR) is 133 cm³/mol. The van der Waals surface area contributed by atoms with E-state index >= 15 is 0 Å². The van der Waals surface area contributed by atoms with E-state index in [1.165, 1.54) is 17.8 Å². The predicted octanol–water partition coefficient (Wildman–Crippen LogP) is 3.61. The topological polar surface area (TPSA) is 69.7 Å². The van der Waals surface area contributed by atoms with Crippen molar-refractivity contribution in [2.45, 2.75) is 19.2 Å². The molecule has 2 aromatic carbocycles. The minimum absolute atomic E-state index is 0.134. The minimum Gasteiger partial charge on any atom is -0.351 e. The molecule has 3 rings (SSSR count). The van der Waals surface area contributed by atoms with Crippen molar-refractivity contribution in [1.29, 1.82) is 0 Å². The molecule has 0 saturated carbocycles. The van der Waals surface area contributed by atoms with Crippen LogP contribution in [0.1, 0.15) is 28.4 Å². The van der Waals surface area contributed by atoms with Gasteiger partial charge in [0, 0.05) is 66.9 Å². The van der Waals surface area contributed by atoms with E-state index in [9.17, 15) is 17.6 Å². The van der Waals surface area contributed by atoms with Gasteiger partial charge in [-0.2, -0.15) is 16.1 Å². The van der Waals surface area contributed by atoms with Crippen LogP contribution in [0, 0.1) is 5.82 Å². The quantitative estimate of drug-likeness (QED) is 0.491. The van der Waals surface area contributed by atoms with Gasteiger partial charge >= 0.3 is 0 Å². The minimum atomic E-state index is -3.12. The molecule has 1 aliphatic heterocycles. The standard InChI is InChI=1S/C23H29ClFN3O3S2/c1-2-33(30,31)28-13-11-27(12-14-28)16-18-6-8-19(9-7-18)23(29)26-10-15-32-17-20-21(24)4-3-5-22(20)25/h3-9H,2,10-17H2,1H3,(H,26,29). The molecular weight excluding hydrogens is 485 g/mol. The second kappa shape index (κ2) is 12.2. The molecule has 0 aliphatic carbocycles. The molecule has 0 aromatic heterocycles. The number of hydrogen-bond acceptors (Lipinski definition) is 5. The maximum atomic E-state index is 13.8. The van der Waals surface area contributed by atoms with Gasteiger partial charge in [-0.05, 0) is 36.8 Å². The van der Waals surface area contributed by atoms with Crippen LogP contribution in [0.4, 0.5) is 4.39 Å². The van der Waals surface area contributed by atoms with Crippen molar-refractivity contribution in [3.8, 4) is 0 Å². The molecule has 0 unspecified atom stereocenters. The van der Waals surface area contributed by atoms with E-state index in [2.05, 4.69) is 10.2 Å². The first kappa shape index (κ1) is 26.0. The number of piperazine rings is 1. The van der Waals surface area contributed by atoms with Gasteiger partial charge in [-0.3, -0.25) is 9.69 Å². The number of rotatable bonds is 10. The van der Waals surface area contributed by atoms with Crippen molar-refractivity contribution in [3.63, 3.8) is 0 Å². The van der Waals surface area contributed by atoms with Crippen LogP contribution < -0.4 is 5.32 Å². The number of carbonyl (C=O) groups excluding carboxylic acids is 1. The Balaban J connectivity index is 1.38. The fourth-order valence-electron chi connectivity index (χ4n) is 3.55. The largest absolute Gasteiger partial charge is 0.351 e. The van der Waals surface area contributed by atoms with Crippen molar-refractivity contribution in [3.05, 3.63) is 70.0 Å². The summed E-state index contributed by atoms with van der Waals surface area (Å²) >= 11 is 7.54. The van der Waals surface area contributed by atoms with Crippen molar-refractivity contribution in [1.82, 2.24) is 14.5 Å². The normalized spacial score (nSPS) is 15.5. The van der Waals surface area contributed by atoms with Gasteiger partial charge < -0.3 is 5.32 Å². The molecule has 0 radical (unpaired) electrons. The Morgan fingerprint density at radius 2 is 1.82 bits per heavy atom. The number of nitrogens with one attached hydrogen (secondary N) is 1. The van der Waals surface area contributed by atoms with Gasteiger partial charge in [-0.1, -0.05) is 29.8 Å². The molecule has 1 saturated heterocycles. The highest BCUT2D eigenvalue weighted by Crippen LogP contribution is 2.23. The smallest absolute Gasteiger partial charge is 0.251 e. The van der Waals surface area contributed by atoms with E-state index in [0.717, 1.165) is 12.1 Å². The van der Waals surface area contributed by atoms with Crippen molar-refractivity contribution in [2.24, 2.45) is 0 Å². The highest BCUT2D eigenvalue weighted by molar-refractivity contribution is 7.98. The van der Waals surface area contributed by atoms with Crippen LogP contribution in [0.2, 0.25) is 5.02 Å². The lowest BCUT2D eigenvalue weighted by atomic mass is 10.1. The summed E-state index contributed by atoms with van der Waals surface area (Å²) in [6, 6.07) is 12.1. The Kier molecular flexibility index (Phi) is 9.57. The van der Waals surface area contributed by atoms with Gasteiger partial charge in [0.15, 0.2) is 0 Å². The summed E-state index contributed by atoms with van der Waals surface area (Å²) in [7, 11) is -3.12. The first-order valence-electron chi connectivity index (χ1n) is 10.9.